The molecule has 1 rings (SSSR count). The van der Waals surface area contributed by atoms with Crippen molar-refractivity contribution in [2.45, 2.75) is 26.2 Å². The first-order valence-corrected chi connectivity index (χ1v) is 6.22. The van der Waals surface area contributed by atoms with E-state index in [4.69, 9.17) is 10.5 Å². The van der Waals surface area contributed by atoms with Gasteiger partial charge in [-0.15, -0.1) is 0 Å². The largest absolute Gasteiger partial charge is 0.504 e. The Morgan fingerprint density at radius 2 is 2.19 bits per heavy atom. The van der Waals surface area contributed by atoms with Crippen molar-refractivity contribution in [2.24, 2.45) is 5.73 Å². The summed E-state index contributed by atoms with van der Waals surface area (Å²) in [5.74, 6) is 0.757. The number of aromatic hydroxyl groups is 1. The summed E-state index contributed by atoms with van der Waals surface area (Å²) in [6.07, 6.45) is 2.50. The van der Waals surface area contributed by atoms with Crippen LogP contribution in [0, 0.1) is 0 Å². The standard InChI is InChI=1S/C12H18BrNO2/c1-3-8-7-10(16-2)12(15)9(11(8)13)5-4-6-14/h7,15H,3-6,14H2,1-2H3. The molecule has 0 radical (unpaired) electrons. The van der Waals surface area contributed by atoms with Gasteiger partial charge in [0.1, 0.15) is 0 Å². The molecule has 1 aromatic carbocycles. The van der Waals surface area contributed by atoms with Crippen molar-refractivity contribution in [3.05, 3.63) is 21.7 Å². The van der Waals surface area contributed by atoms with E-state index in [1.165, 1.54) is 0 Å². The summed E-state index contributed by atoms with van der Waals surface area (Å²) in [4.78, 5) is 0. The Kier molecular flexibility index (Phi) is 5.09. The lowest BCUT2D eigenvalue weighted by molar-refractivity contribution is 0.369. The molecule has 0 aliphatic heterocycles. The van der Waals surface area contributed by atoms with Crippen LogP contribution in [-0.2, 0) is 12.8 Å². The maximum absolute atomic E-state index is 10.0. The first-order chi connectivity index (χ1) is 7.65. The minimum absolute atomic E-state index is 0.222. The SMILES string of the molecule is CCc1cc(OC)c(O)c(CCCN)c1Br. The maximum Gasteiger partial charge on any atom is 0.162 e. The smallest absolute Gasteiger partial charge is 0.162 e. The van der Waals surface area contributed by atoms with E-state index >= 15 is 0 Å². The second-order valence-corrected chi connectivity index (χ2v) is 4.42. The number of nitrogens with two attached hydrogens (primary N) is 1. The Labute approximate surface area is 105 Å². The van der Waals surface area contributed by atoms with E-state index in [9.17, 15) is 5.11 Å². The Morgan fingerprint density at radius 1 is 1.50 bits per heavy atom. The lowest BCUT2D eigenvalue weighted by Gasteiger charge is -2.14. The zero-order valence-corrected chi connectivity index (χ0v) is 11.3. The third-order valence-corrected chi connectivity index (χ3v) is 3.59. The predicted octanol–water partition coefficient (Wildman–Crippen LogP) is 2.62. The van der Waals surface area contributed by atoms with Crippen LogP contribution in [0.4, 0.5) is 0 Å². The molecule has 90 valence electrons. The van der Waals surface area contributed by atoms with Crippen molar-refractivity contribution >= 4 is 15.9 Å². The third-order valence-electron chi connectivity index (χ3n) is 2.60. The number of aryl methyl sites for hydroxylation is 1. The summed E-state index contributed by atoms with van der Waals surface area (Å²) < 4.78 is 6.13. The fourth-order valence-corrected chi connectivity index (χ4v) is 2.44. The van der Waals surface area contributed by atoms with Crippen LogP contribution in [0.25, 0.3) is 0 Å². The minimum atomic E-state index is 0.222. The Bertz CT molecular complexity index is 338. The van der Waals surface area contributed by atoms with Crippen LogP contribution < -0.4 is 10.5 Å². The van der Waals surface area contributed by atoms with Gasteiger partial charge >= 0.3 is 0 Å². The van der Waals surface area contributed by atoms with E-state index in [0.717, 1.165) is 34.9 Å². The average molecular weight is 288 g/mol. The number of rotatable bonds is 5. The van der Waals surface area contributed by atoms with E-state index < -0.39 is 0 Å². The van der Waals surface area contributed by atoms with Crippen LogP contribution in [-0.4, -0.2) is 18.8 Å². The topological polar surface area (TPSA) is 55.5 Å². The molecule has 0 aliphatic carbocycles. The zero-order valence-electron chi connectivity index (χ0n) is 9.72. The van der Waals surface area contributed by atoms with Gasteiger partial charge in [0.15, 0.2) is 11.5 Å². The second-order valence-electron chi connectivity index (χ2n) is 3.62. The van der Waals surface area contributed by atoms with Crippen LogP contribution in [0.2, 0.25) is 0 Å². The number of methoxy groups -OCH3 is 1. The van der Waals surface area contributed by atoms with Crippen molar-refractivity contribution in [1.29, 1.82) is 0 Å². The third kappa shape index (κ3) is 2.68. The van der Waals surface area contributed by atoms with Crippen molar-refractivity contribution in [1.82, 2.24) is 0 Å². The van der Waals surface area contributed by atoms with Gasteiger partial charge < -0.3 is 15.6 Å². The number of phenols is 1. The van der Waals surface area contributed by atoms with E-state index in [0.29, 0.717) is 12.3 Å². The highest BCUT2D eigenvalue weighted by molar-refractivity contribution is 9.10. The van der Waals surface area contributed by atoms with Crippen LogP contribution in [0.1, 0.15) is 24.5 Å². The van der Waals surface area contributed by atoms with Gasteiger partial charge in [0.25, 0.3) is 0 Å². The normalized spacial score (nSPS) is 10.5. The highest BCUT2D eigenvalue weighted by atomic mass is 79.9. The molecule has 4 heteroatoms. The van der Waals surface area contributed by atoms with Crippen LogP contribution in [0.15, 0.2) is 10.5 Å². The lowest BCUT2D eigenvalue weighted by atomic mass is 10.0. The Balaban J connectivity index is 3.20. The first-order valence-electron chi connectivity index (χ1n) is 5.42. The molecule has 0 fully saturated rings. The summed E-state index contributed by atoms with van der Waals surface area (Å²) in [6.45, 7) is 2.69. The molecule has 0 heterocycles. The maximum atomic E-state index is 10.0. The zero-order chi connectivity index (χ0) is 12.1. The van der Waals surface area contributed by atoms with Gasteiger partial charge in [0, 0.05) is 10.0 Å². The van der Waals surface area contributed by atoms with Crippen LogP contribution >= 0.6 is 15.9 Å². The molecule has 3 N–H and O–H groups in total. The summed E-state index contributed by atoms with van der Waals surface area (Å²) in [7, 11) is 1.56. The molecule has 0 amide bonds. The van der Waals surface area contributed by atoms with Crippen LogP contribution in [0.5, 0.6) is 11.5 Å². The number of hydrogen-bond acceptors (Lipinski definition) is 3. The van der Waals surface area contributed by atoms with E-state index in [2.05, 4.69) is 22.9 Å². The van der Waals surface area contributed by atoms with Crippen molar-refractivity contribution in [3.8, 4) is 11.5 Å². The van der Waals surface area contributed by atoms with Crippen LogP contribution in [0.3, 0.4) is 0 Å². The van der Waals surface area contributed by atoms with Gasteiger partial charge in [0.2, 0.25) is 0 Å². The first kappa shape index (κ1) is 13.3. The van der Waals surface area contributed by atoms with E-state index in [1.54, 1.807) is 7.11 Å². The highest BCUT2D eigenvalue weighted by Gasteiger charge is 2.15. The molecule has 0 aliphatic rings. The lowest BCUT2D eigenvalue weighted by Crippen LogP contribution is -2.02. The van der Waals surface area contributed by atoms with Gasteiger partial charge in [-0.3, -0.25) is 0 Å². The molecule has 16 heavy (non-hydrogen) atoms. The monoisotopic (exact) mass is 287 g/mol. The summed E-state index contributed by atoms with van der Waals surface area (Å²) >= 11 is 3.53. The van der Waals surface area contributed by atoms with Gasteiger partial charge in [-0.2, -0.15) is 0 Å². The molecule has 0 saturated carbocycles. The molecule has 3 nitrogen and oxygen atoms in total. The highest BCUT2D eigenvalue weighted by Crippen LogP contribution is 2.38. The van der Waals surface area contributed by atoms with E-state index in [1.807, 2.05) is 6.07 Å². The summed E-state index contributed by atoms with van der Waals surface area (Å²) in [6, 6.07) is 1.87. The molecular weight excluding hydrogens is 270 g/mol. The molecule has 0 unspecified atom stereocenters. The molecule has 0 spiro atoms. The number of benzene rings is 1. The Morgan fingerprint density at radius 3 is 2.69 bits per heavy atom. The number of ether oxygens (including phenoxy) is 1. The molecule has 0 aromatic heterocycles. The summed E-state index contributed by atoms with van der Waals surface area (Å²) in [5.41, 5.74) is 7.52. The van der Waals surface area contributed by atoms with Gasteiger partial charge in [0.05, 0.1) is 7.11 Å². The molecule has 0 bridgehead atoms. The average Bonchev–Trinajstić information content (AvgIpc) is 2.29. The summed E-state index contributed by atoms with van der Waals surface area (Å²) in [5, 5.41) is 10.0. The molecule has 0 atom stereocenters. The quantitative estimate of drug-likeness (QED) is 0.875. The minimum Gasteiger partial charge on any atom is -0.504 e. The van der Waals surface area contributed by atoms with Crippen molar-refractivity contribution in [3.63, 3.8) is 0 Å². The molecule has 1 aromatic rings. The van der Waals surface area contributed by atoms with E-state index in [-0.39, 0.29) is 5.75 Å². The Hall–Kier alpha value is -0.740. The van der Waals surface area contributed by atoms with Crippen molar-refractivity contribution < 1.29 is 9.84 Å². The number of halogens is 1. The number of phenolic OH excluding ortho intramolecular Hbond substituents is 1. The van der Waals surface area contributed by atoms with Gasteiger partial charge in [-0.05, 0) is 37.4 Å². The van der Waals surface area contributed by atoms with Gasteiger partial charge in [-0.25, -0.2) is 0 Å². The van der Waals surface area contributed by atoms with Crippen molar-refractivity contribution in [2.75, 3.05) is 13.7 Å². The molecule has 0 saturated heterocycles. The molecular formula is C12H18BrNO2. The fraction of sp³-hybridized carbons (Fsp3) is 0.500. The van der Waals surface area contributed by atoms with Gasteiger partial charge in [-0.1, -0.05) is 22.9 Å². The second kappa shape index (κ2) is 6.11. The fourth-order valence-electron chi connectivity index (χ4n) is 1.66. The predicted molar refractivity (Wildman–Crippen MR) is 69.1 cm³/mol. The number of hydrogen-bond donors (Lipinski definition) is 2.